The Kier molecular flexibility index (Phi) is 6.36. The minimum atomic E-state index is -0.215. The summed E-state index contributed by atoms with van der Waals surface area (Å²) in [5.74, 6) is 0.428. The molecule has 0 saturated carbocycles. The molecule has 0 spiro atoms. The van der Waals surface area contributed by atoms with Crippen LogP contribution in [0.3, 0.4) is 0 Å². The van der Waals surface area contributed by atoms with Crippen LogP contribution in [0.2, 0.25) is 0 Å². The monoisotopic (exact) mass is 341 g/mol. The van der Waals surface area contributed by atoms with Crippen molar-refractivity contribution in [2.75, 3.05) is 19.3 Å². The number of hydrogen-bond donors (Lipinski definition) is 1. The summed E-state index contributed by atoms with van der Waals surface area (Å²) in [5.41, 5.74) is 2.66. The molecule has 3 heteroatoms. The molecule has 1 aliphatic rings. The van der Waals surface area contributed by atoms with Gasteiger partial charge in [-0.25, -0.2) is 0 Å². The van der Waals surface area contributed by atoms with Crippen molar-refractivity contribution in [1.82, 2.24) is 4.90 Å². The first kappa shape index (κ1) is 17.5. The fraction of sp³-hybridized carbons (Fsp3) is 0.429. The lowest BCUT2D eigenvalue weighted by molar-refractivity contribution is 0.0574. The molecule has 1 atom stereocenters. The Morgan fingerprint density at radius 1 is 1.04 bits per heavy atom. The Morgan fingerprint density at radius 2 is 1.71 bits per heavy atom. The smallest absolute Gasteiger partial charge is 0.0609 e. The summed E-state index contributed by atoms with van der Waals surface area (Å²) < 4.78 is 0. The summed E-state index contributed by atoms with van der Waals surface area (Å²) in [4.78, 5) is 3.91. The third-order valence-electron chi connectivity index (χ3n) is 5.05. The number of hydrogen-bond acceptors (Lipinski definition) is 3. The van der Waals surface area contributed by atoms with Gasteiger partial charge in [0.2, 0.25) is 0 Å². The van der Waals surface area contributed by atoms with E-state index in [2.05, 4.69) is 47.6 Å². The van der Waals surface area contributed by atoms with Gasteiger partial charge < -0.3 is 5.11 Å². The second-order valence-corrected chi connectivity index (χ2v) is 7.53. The first-order valence-corrected chi connectivity index (χ1v) is 10.0. The molecule has 128 valence electrons. The molecule has 0 radical (unpaired) electrons. The highest BCUT2D eigenvalue weighted by molar-refractivity contribution is 7.98. The van der Waals surface area contributed by atoms with Gasteiger partial charge in [0.25, 0.3) is 0 Å². The Morgan fingerprint density at radius 3 is 2.42 bits per heavy atom. The number of aliphatic hydroxyl groups is 1. The lowest BCUT2D eigenvalue weighted by atomic mass is 9.88. The molecule has 0 unspecified atom stereocenters. The molecule has 0 aliphatic carbocycles. The van der Waals surface area contributed by atoms with Gasteiger partial charge in [0.15, 0.2) is 0 Å². The highest BCUT2D eigenvalue weighted by atomic mass is 32.2. The van der Waals surface area contributed by atoms with E-state index in [0.717, 1.165) is 38.9 Å². The maximum atomic E-state index is 10.6. The zero-order valence-electron chi connectivity index (χ0n) is 14.4. The Balaban J connectivity index is 1.50. The molecule has 1 aliphatic heterocycles. The molecule has 2 aromatic carbocycles. The van der Waals surface area contributed by atoms with Crippen LogP contribution in [-0.2, 0) is 13.0 Å². The number of rotatable bonds is 6. The van der Waals surface area contributed by atoms with Crippen LogP contribution in [0.5, 0.6) is 0 Å². The minimum Gasteiger partial charge on any atom is -0.392 e. The third-order valence-corrected chi connectivity index (χ3v) is 5.89. The maximum Gasteiger partial charge on any atom is 0.0609 e. The molecule has 1 heterocycles. The molecule has 1 N–H and O–H groups in total. The second-order valence-electron chi connectivity index (χ2n) is 6.68. The molecule has 2 nitrogen and oxygen atoms in total. The van der Waals surface area contributed by atoms with Crippen LogP contribution < -0.4 is 0 Å². The van der Waals surface area contributed by atoms with Crippen LogP contribution in [0.4, 0.5) is 0 Å². The van der Waals surface area contributed by atoms with E-state index < -0.39 is 0 Å². The molecule has 3 rings (SSSR count). The summed E-state index contributed by atoms with van der Waals surface area (Å²) in [6, 6.07) is 19.0. The van der Waals surface area contributed by atoms with E-state index in [1.165, 1.54) is 16.0 Å². The van der Waals surface area contributed by atoms with E-state index in [1.807, 2.05) is 30.0 Å². The van der Waals surface area contributed by atoms with Gasteiger partial charge in [-0.1, -0.05) is 48.5 Å². The number of nitrogens with zero attached hydrogens (tertiary/aromatic N) is 1. The van der Waals surface area contributed by atoms with Crippen LogP contribution in [0.25, 0.3) is 0 Å². The van der Waals surface area contributed by atoms with E-state index in [9.17, 15) is 5.11 Å². The third kappa shape index (κ3) is 4.62. The summed E-state index contributed by atoms with van der Waals surface area (Å²) >= 11 is 1.82. The second kappa shape index (κ2) is 8.70. The maximum absolute atomic E-state index is 10.6. The summed E-state index contributed by atoms with van der Waals surface area (Å²) in [7, 11) is 0. The van der Waals surface area contributed by atoms with E-state index in [4.69, 9.17) is 0 Å². The average molecular weight is 342 g/mol. The van der Waals surface area contributed by atoms with Gasteiger partial charge in [-0.05, 0) is 61.7 Å². The molecular weight excluding hydrogens is 314 g/mol. The van der Waals surface area contributed by atoms with Gasteiger partial charge in [-0.15, -0.1) is 11.8 Å². The molecule has 1 saturated heterocycles. The van der Waals surface area contributed by atoms with Crippen LogP contribution >= 0.6 is 11.8 Å². The molecular formula is C21H27NOS. The fourth-order valence-corrected chi connectivity index (χ4v) is 4.20. The highest BCUT2D eigenvalue weighted by Crippen LogP contribution is 2.26. The first-order chi connectivity index (χ1) is 11.8. The summed E-state index contributed by atoms with van der Waals surface area (Å²) in [5, 5.41) is 10.6. The van der Waals surface area contributed by atoms with Crippen molar-refractivity contribution in [2.24, 2.45) is 5.92 Å². The molecule has 0 amide bonds. The highest BCUT2D eigenvalue weighted by Gasteiger charge is 2.25. The number of benzene rings is 2. The standard InChI is InChI=1S/C21H27NOS/c1-24-21-10-6-5-9-19(21)16-22-13-11-18(12-14-22)20(23)15-17-7-3-2-4-8-17/h2-10,18,20,23H,11-16H2,1H3/t20-/m1/s1. The average Bonchev–Trinajstić information content (AvgIpc) is 2.63. The molecule has 0 aromatic heterocycles. The zero-order valence-corrected chi connectivity index (χ0v) is 15.2. The van der Waals surface area contributed by atoms with Crippen LogP contribution in [-0.4, -0.2) is 35.5 Å². The topological polar surface area (TPSA) is 23.5 Å². The Bertz CT molecular complexity index is 623. The minimum absolute atomic E-state index is 0.215. The number of thioether (sulfide) groups is 1. The van der Waals surface area contributed by atoms with Crippen LogP contribution in [0.15, 0.2) is 59.5 Å². The summed E-state index contributed by atoms with van der Waals surface area (Å²) in [6.45, 7) is 3.19. The van der Waals surface area contributed by atoms with Crippen molar-refractivity contribution in [2.45, 2.75) is 36.8 Å². The normalized spacial score (nSPS) is 17.8. The lowest BCUT2D eigenvalue weighted by Gasteiger charge is -2.34. The van der Waals surface area contributed by atoms with Gasteiger partial charge in [-0.3, -0.25) is 4.90 Å². The predicted molar refractivity (Wildman–Crippen MR) is 102 cm³/mol. The van der Waals surface area contributed by atoms with Crippen molar-refractivity contribution in [3.05, 3.63) is 65.7 Å². The van der Waals surface area contributed by atoms with Gasteiger partial charge in [-0.2, -0.15) is 0 Å². The largest absolute Gasteiger partial charge is 0.392 e. The molecule has 1 fully saturated rings. The predicted octanol–water partition coefficient (Wildman–Crippen LogP) is 4.22. The molecule has 24 heavy (non-hydrogen) atoms. The zero-order chi connectivity index (χ0) is 16.8. The van der Waals surface area contributed by atoms with Crippen molar-refractivity contribution in [3.63, 3.8) is 0 Å². The van der Waals surface area contributed by atoms with E-state index in [0.29, 0.717) is 5.92 Å². The van der Waals surface area contributed by atoms with E-state index >= 15 is 0 Å². The number of likely N-dealkylation sites (tertiary alicyclic amines) is 1. The van der Waals surface area contributed by atoms with Gasteiger partial charge in [0.05, 0.1) is 6.10 Å². The van der Waals surface area contributed by atoms with E-state index in [1.54, 1.807) is 0 Å². The van der Waals surface area contributed by atoms with Crippen molar-refractivity contribution in [3.8, 4) is 0 Å². The fourth-order valence-electron chi connectivity index (χ4n) is 3.59. The Labute approximate surface area is 149 Å². The number of aliphatic hydroxyl groups excluding tert-OH is 1. The van der Waals surface area contributed by atoms with E-state index in [-0.39, 0.29) is 6.10 Å². The molecule has 2 aromatic rings. The number of piperidine rings is 1. The molecule has 0 bridgehead atoms. The lowest BCUT2D eigenvalue weighted by Crippen LogP contribution is -2.38. The first-order valence-electron chi connectivity index (χ1n) is 8.82. The Hall–Kier alpha value is -1.29. The van der Waals surface area contributed by atoms with Crippen LogP contribution in [0.1, 0.15) is 24.0 Å². The quantitative estimate of drug-likeness (QED) is 0.796. The SMILES string of the molecule is CSc1ccccc1CN1CCC([C@H](O)Cc2ccccc2)CC1. The van der Waals surface area contributed by atoms with Crippen molar-refractivity contribution in [1.29, 1.82) is 0 Å². The van der Waals surface area contributed by atoms with Gasteiger partial charge >= 0.3 is 0 Å². The van der Waals surface area contributed by atoms with Crippen molar-refractivity contribution >= 4 is 11.8 Å². The van der Waals surface area contributed by atoms with Gasteiger partial charge in [0.1, 0.15) is 0 Å². The van der Waals surface area contributed by atoms with Crippen LogP contribution in [0, 0.1) is 5.92 Å². The van der Waals surface area contributed by atoms with Gasteiger partial charge in [0, 0.05) is 11.4 Å². The summed E-state index contributed by atoms with van der Waals surface area (Å²) in [6.07, 6.45) is 4.89. The van der Waals surface area contributed by atoms with Crippen molar-refractivity contribution < 1.29 is 5.11 Å².